The Labute approximate surface area is 188 Å². The number of hydrogen-bond acceptors (Lipinski definition) is 4. The topological polar surface area (TPSA) is 71.7 Å². The maximum Gasteiger partial charge on any atom is 0.192 e. The predicted octanol–water partition coefficient (Wildman–Crippen LogP) is 4.60. The number of halogens is 2. The zero-order chi connectivity index (χ0) is 19.9. The molecule has 2 N–H and O–H groups in total. The monoisotopic (exact) mass is 516 g/mol. The SMILES string of the molecule is CCNC(=NCc1cc(CC)no1)NC(C)c1ccc(OCC2CC2)c(F)c1.I. The molecule has 1 fully saturated rings. The van der Waals surface area contributed by atoms with Crippen molar-refractivity contribution in [2.45, 2.75) is 52.6 Å². The van der Waals surface area contributed by atoms with Gasteiger partial charge < -0.3 is 19.9 Å². The third-order valence-corrected chi connectivity index (χ3v) is 4.69. The molecule has 1 aromatic heterocycles. The van der Waals surface area contributed by atoms with Gasteiger partial charge in [0.15, 0.2) is 23.3 Å². The molecular formula is C21H30FIN4O2. The molecule has 1 aliphatic carbocycles. The van der Waals surface area contributed by atoms with Crippen LogP contribution in [0.1, 0.15) is 56.7 Å². The van der Waals surface area contributed by atoms with Crippen LogP contribution < -0.4 is 15.4 Å². The number of ether oxygens (including phenoxy) is 1. The van der Waals surface area contributed by atoms with Crippen LogP contribution in [0.3, 0.4) is 0 Å². The minimum absolute atomic E-state index is 0. The van der Waals surface area contributed by atoms with E-state index in [2.05, 4.69) is 20.8 Å². The number of hydrogen-bond donors (Lipinski definition) is 2. The highest BCUT2D eigenvalue weighted by molar-refractivity contribution is 14.0. The highest BCUT2D eigenvalue weighted by atomic mass is 127. The molecule has 2 aromatic rings. The van der Waals surface area contributed by atoms with Crippen molar-refractivity contribution in [1.29, 1.82) is 0 Å². The first-order valence-electron chi connectivity index (χ1n) is 10.0. The van der Waals surface area contributed by atoms with Gasteiger partial charge in [0.25, 0.3) is 0 Å². The van der Waals surface area contributed by atoms with Gasteiger partial charge in [-0.1, -0.05) is 18.1 Å². The number of nitrogens with zero attached hydrogens (tertiary/aromatic N) is 2. The molecule has 1 heterocycles. The second kappa shape index (κ2) is 11.4. The number of aromatic nitrogens is 1. The van der Waals surface area contributed by atoms with Crippen molar-refractivity contribution < 1.29 is 13.7 Å². The Morgan fingerprint density at radius 2 is 2.14 bits per heavy atom. The average Bonchev–Trinajstić information content (AvgIpc) is 3.41. The normalized spacial score (nSPS) is 14.8. The number of guanidine groups is 1. The summed E-state index contributed by atoms with van der Waals surface area (Å²) in [5.41, 5.74) is 1.74. The number of aryl methyl sites for hydroxylation is 1. The van der Waals surface area contributed by atoms with Crippen molar-refractivity contribution in [1.82, 2.24) is 15.8 Å². The van der Waals surface area contributed by atoms with Crippen LogP contribution in [0.4, 0.5) is 4.39 Å². The molecule has 0 amide bonds. The largest absolute Gasteiger partial charge is 0.490 e. The lowest BCUT2D eigenvalue weighted by Gasteiger charge is -2.18. The highest BCUT2D eigenvalue weighted by Gasteiger charge is 2.22. The van der Waals surface area contributed by atoms with E-state index in [1.54, 1.807) is 6.07 Å². The Balaban J connectivity index is 0.00000300. The lowest BCUT2D eigenvalue weighted by Crippen LogP contribution is -2.38. The van der Waals surface area contributed by atoms with E-state index in [0.29, 0.717) is 36.5 Å². The third kappa shape index (κ3) is 7.17. The van der Waals surface area contributed by atoms with E-state index < -0.39 is 0 Å². The van der Waals surface area contributed by atoms with Gasteiger partial charge >= 0.3 is 0 Å². The number of rotatable bonds is 9. The Morgan fingerprint density at radius 3 is 2.76 bits per heavy atom. The summed E-state index contributed by atoms with van der Waals surface area (Å²) in [6, 6.07) is 6.90. The zero-order valence-electron chi connectivity index (χ0n) is 17.2. The van der Waals surface area contributed by atoms with Gasteiger partial charge in [-0.15, -0.1) is 24.0 Å². The van der Waals surface area contributed by atoms with Crippen molar-refractivity contribution in [3.63, 3.8) is 0 Å². The van der Waals surface area contributed by atoms with Gasteiger partial charge in [0.2, 0.25) is 0 Å². The van der Waals surface area contributed by atoms with Gasteiger partial charge in [-0.05, 0) is 56.7 Å². The first-order valence-corrected chi connectivity index (χ1v) is 10.0. The molecule has 1 atom stereocenters. The smallest absolute Gasteiger partial charge is 0.192 e. The van der Waals surface area contributed by atoms with Crippen molar-refractivity contribution in [2.75, 3.05) is 13.2 Å². The first-order chi connectivity index (χ1) is 13.6. The minimum atomic E-state index is -0.331. The minimum Gasteiger partial charge on any atom is -0.490 e. The van der Waals surface area contributed by atoms with Crippen LogP contribution >= 0.6 is 24.0 Å². The van der Waals surface area contributed by atoms with Gasteiger partial charge in [-0.2, -0.15) is 0 Å². The van der Waals surface area contributed by atoms with Crippen LogP contribution in [0, 0.1) is 11.7 Å². The van der Waals surface area contributed by atoms with E-state index in [-0.39, 0.29) is 35.8 Å². The van der Waals surface area contributed by atoms with Gasteiger partial charge in [0.1, 0.15) is 6.54 Å². The lowest BCUT2D eigenvalue weighted by molar-refractivity contribution is 0.285. The molecule has 0 aliphatic heterocycles. The average molecular weight is 516 g/mol. The summed E-state index contributed by atoms with van der Waals surface area (Å²) in [6.07, 6.45) is 3.19. The summed E-state index contributed by atoms with van der Waals surface area (Å²) in [6.45, 7) is 7.70. The molecule has 0 saturated heterocycles. The molecule has 8 heteroatoms. The summed E-state index contributed by atoms with van der Waals surface area (Å²) >= 11 is 0. The van der Waals surface area contributed by atoms with Crippen molar-refractivity contribution in [3.05, 3.63) is 47.1 Å². The van der Waals surface area contributed by atoms with E-state index in [1.165, 1.54) is 18.9 Å². The summed E-state index contributed by atoms with van der Waals surface area (Å²) < 4.78 is 25.2. The summed E-state index contributed by atoms with van der Waals surface area (Å²) in [4.78, 5) is 4.53. The quantitative estimate of drug-likeness (QED) is 0.290. The molecule has 1 aliphatic rings. The van der Waals surface area contributed by atoms with Crippen LogP contribution in [0.5, 0.6) is 5.75 Å². The van der Waals surface area contributed by atoms with Gasteiger partial charge in [0.05, 0.1) is 18.3 Å². The molecule has 0 spiro atoms. The molecule has 1 unspecified atom stereocenters. The van der Waals surface area contributed by atoms with Crippen LogP contribution in [-0.4, -0.2) is 24.3 Å². The molecule has 0 bridgehead atoms. The Kier molecular flexibility index (Phi) is 9.19. The Bertz CT molecular complexity index is 808. The van der Waals surface area contributed by atoms with E-state index >= 15 is 0 Å². The van der Waals surface area contributed by atoms with E-state index in [1.807, 2.05) is 32.9 Å². The molecule has 1 aromatic carbocycles. The number of benzene rings is 1. The van der Waals surface area contributed by atoms with E-state index in [0.717, 1.165) is 24.2 Å². The van der Waals surface area contributed by atoms with Gasteiger partial charge in [-0.25, -0.2) is 9.38 Å². The molecule has 6 nitrogen and oxygen atoms in total. The summed E-state index contributed by atoms with van der Waals surface area (Å²) in [5.74, 6) is 1.93. The maximum absolute atomic E-state index is 14.4. The van der Waals surface area contributed by atoms with Crippen molar-refractivity contribution in [3.8, 4) is 5.75 Å². The molecule has 0 radical (unpaired) electrons. The summed E-state index contributed by atoms with van der Waals surface area (Å²) in [7, 11) is 0. The fraction of sp³-hybridized carbons (Fsp3) is 0.524. The van der Waals surface area contributed by atoms with Gasteiger partial charge in [-0.3, -0.25) is 0 Å². The fourth-order valence-electron chi connectivity index (χ4n) is 2.76. The summed E-state index contributed by atoms with van der Waals surface area (Å²) in [5, 5.41) is 10.5. The van der Waals surface area contributed by atoms with Crippen LogP contribution in [0.15, 0.2) is 33.8 Å². The highest BCUT2D eigenvalue weighted by Crippen LogP contribution is 2.30. The molecule has 160 valence electrons. The molecular weight excluding hydrogens is 486 g/mol. The van der Waals surface area contributed by atoms with Crippen LogP contribution in [-0.2, 0) is 13.0 Å². The Morgan fingerprint density at radius 1 is 1.34 bits per heavy atom. The third-order valence-electron chi connectivity index (χ3n) is 4.69. The molecule has 1 saturated carbocycles. The van der Waals surface area contributed by atoms with Gasteiger partial charge in [0, 0.05) is 12.6 Å². The second-order valence-electron chi connectivity index (χ2n) is 7.14. The van der Waals surface area contributed by atoms with Crippen LogP contribution in [0.25, 0.3) is 0 Å². The number of nitrogens with one attached hydrogen (secondary N) is 2. The van der Waals surface area contributed by atoms with Crippen molar-refractivity contribution >= 4 is 29.9 Å². The maximum atomic E-state index is 14.4. The van der Waals surface area contributed by atoms with Crippen molar-refractivity contribution in [2.24, 2.45) is 10.9 Å². The van der Waals surface area contributed by atoms with E-state index in [9.17, 15) is 4.39 Å². The lowest BCUT2D eigenvalue weighted by atomic mass is 10.1. The fourth-order valence-corrected chi connectivity index (χ4v) is 2.76. The molecule has 3 rings (SSSR count). The Hall–Kier alpha value is -1.84. The standard InChI is InChI=1S/C21H29FN4O2.HI/c1-4-17-11-18(28-26-17)12-24-21(23-5-2)25-14(3)16-8-9-20(19(22)10-16)27-13-15-6-7-15;/h8-11,14-15H,4-7,12-13H2,1-3H3,(H2,23,24,25);1H. The predicted molar refractivity (Wildman–Crippen MR) is 122 cm³/mol. The van der Waals surface area contributed by atoms with E-state index in [4.69, 9.17) is 9.26 Å². The van der Waals surface area contributed by atoms with Crippen LogP contribution in [0.2, 0.25) is 0 Å². The molecule has 29 heavy (non-hydrogen) atoms. The zero-order valence-corrected chi connectivity index (χ0v) is 19.5. The first kappa shape index (κ1) is 23.4. The number of aliphatic imine (C=N–C) groups is 1. The second-order valence-corrected chi connectivity index (χ2v) is 7.14.